The summed E-state index contributed by atoms with van der Waals surface area (Å²) in [4.78, 5) is 24.1. The maximum absolute atomic E-state index is 12.3. The topological polar surface area (TPSA) is 88.4 Å². The molecule has 6 heteroatoms. The molecule has 0 aliphatic heterocycles. The van der Waals surface area contributed by atoms with Crippen molar-refractivity contribution < 1.29 is 19.1 Å². The van der Waals surface area contributed by atoms with Crippen LogP contribution in [0, 0.1) is 11.3 Å². The first-order valence-corrected chi connectivity index (χ1v) is 6.97. The Morgan fingerprint density at radius 2 is 1.95 bits per heavy atom. The highest BCUT2D eigenvalue weighted by Gasteiger charge is 2.26. The Hall–Kier alpha value is -2.39. The minimum atomic E-state index is -0.802. The average Bonchev–Trinajstić information content (AvgIpc) is 2.55. The molecular formula is C16H20N2O4. The molecule has 0 aliphatic rings. The summed E-state index contributed by atoms with van der Waals surface area (Å²) < 4.78 is 9.91. The van der Waals surface area contributed by atoms with Crippen LogP contribution in [-0.4, -0.2) is 32.1 Å². The SMILES string of the molecule is COC(=O)[C@@H](CCCC#N)NC(=O)[C@H](OC)c1ccccc1. The Morgan fingerprint density at radius 1 is 1.27 bits per heavy atom. The van der Waals surface area contributed by atoms with Crippen molar-refractivity contribution in [1.29, 1.82) is 5.26 Å². The fourth-order valence-corrected chi connectivity index (χ4v) is 2.05. The summed E-state index contributed by atoms with van der Waals surface area (Å²) in [6, 6.07) is 10.2. The molecule has 0 bridgehead atoms. The van der Waals surface area contributed by atoms with Gasteiger partial charge in [-0.1, -0.05) is 30.3 Å². The molecule has 6 nitrogen and oxygen atoms in total. The number of nitrogens with one attached hydrogen (secondary N) is 1. The van der Waals surface area contributed by atoms with Crippen LogP contribution in [0.15, 0.2) is 30.3 Å². The van der Waals surface area contributed by atoms with Crippen LogP contribution in [0.5, 0.6) is 0 Å². The minimum Gasteiger partial charge on any atom is -0.467 e. The highest BCUT2D eigenvalue weighted by molar-refractivity contribution is 5.87. The molecule has 0 radical (unpaired) electrons. The Bertz CT molecular complexity index is 525. The number of amides is 1. The molecule has 0 unspecified atom stereocenters. The lowest BCUT2D eigenvalue weighted by Gasteiger charge is -2.20. The lowest BCUT2D eigenvalue weighted by molar-refractivity contribution is -0.147. The highest BCUT2D eigenvalue weighted by atomic mass is 16.5. The van der Waals surface area contributed by atoms with E-state index in [-0.39, 0.29) is 0 Å². The monoisotopic (exact) mass is 304 g/mol. The molecule has 1 amide bonds. The van der Waals surface area contributed by atoms with Gasteiger partial charge in [-0.25, -0.2) is 4.79 Å². The molecule has 0 spiro atoms. The van der Waals surface area contributed by atoms with E-state index in [9.17, 15) is 9.59 Å². The second-order valence-corrected chi connectivity index (χ2v) is 4.66. The number of nitriles is 1. The zero-order valence-corrected chi connectivity index (χ0v) is 12.7. The molecule has 1 aromatic rings. The Labute approximate surface area is 130 Å². The molecule has 0 heterocycles. The van der Waals surface area contributed by atoms with E-state index in [1.165, 1.54) is 14.2 Å². The molecule has 22 heavy (non-hydrogen) atoms. The summed E-state index contributed by atoms with van der Waals surface area (Å²) in [5.41, 5.74) is 0.697. The number of nitrogens with zero attached hydrogens (tertiary/aromatic N) is 1. The summed E-state index contributed by atoms with van der Waals surface area (Å²) in [7, 11) is 2.69. The van der Waals surface area contributed by atoms with Gasteiger partial charge in [-0.05, 0) is 18.4 Å². The Morgan fingerprint density at radius 3 is 2.50 bits per heavy atom. The molecule has 0 saturated heterocycles. The van der Waals surface area contributed by atoms with Crippen molar-refractivity contribution >= 4 is 11.9 Å². The van der Waals surface area contributed by atoms with Crippen LogP contribution in [0.4, 0.5) is 0 Å². The van der Waals surface area contributed by atoms with Crippen LogP contribution >= 0.6 is 0 Å². The van der Waals surface area contributed by atoms with Gasteiger partial charge in [0, 0.05) is 13.5 Å². The fourth-order valence-electron chi connectivity index (χ4n) is 2.05. The van der Waals surface area contributed by atoms with Crippen molar-refractivity contribution in [2.24, 2.45) is 0 Å². The van der Waals surface area contributed by atoms with E-state index in [4.69, 9.17) is 10.00 Å². The third-order valence-electron chi connectivity index (χ3n) is 3.16. The number of hydrogen-bond donors (Lipinski definition) is 1. The summed E-state index contributed by atoms with van der Waals surface area (Å²) in [6.07, 6.45) is 0.358. The summed E-state index contributed by atoms with van der Waals surface area (Å²) in [5, 5.41) is 11.2. The van der Waals surface area contributed by atoms with Crippen molar-refractivity contribution in [2.75, 3.05) is 14.2 Å². The molecule has 1 rings (SSSR count). The number of rotatable bonds is 8. The van der Waals surface area contributed by atoms with Crippen LogP contribution < -0.4 is 5.32 Å². The molecule has 0 aliphatic carbocycles. The summed E-state index contributed by atoms with van der Waals surface area (Å²) in [5.74, 6) is -0.949. The number of benzene rings is 1. The fraction of sp³-hybridized carbons (Fsp3) is 0.438. The summed E-state index contributed by atoms with van der Waals surface area (Å²) in [6.45, 7) is 0. The molecule has 0 saturated carbocycles. The van der Waals surface area contributed by atoms with E-state index in [1.54, 1.807) is 24.3 Å². The first-order chi connectivity index (χ1) is 10.6. The van der Waals surface area contributed by atoms with Gasteiger partial charge in [-0.2, -0.15) is 5.26 Å². The van der Waals surface area contributed by atoms with Gasteiger partial charge in [-0.3, -0.25) is 4.79 Å². The Balaban J connectivity index is 2.75. The maximum Gasteiger partial charge on any atom is 0.328 e. The smallest absolute Gasteiger partial charge is 0.328 e. The van der Waals surface area contributed by atoms with Gasteiger partial charge in [-0.15, -0.1) is 0 Å². The Kier molecular flexibility index (Phi) is 7.65. The number of carbonyl (C=O) groups excluding carboxylic acids is 2. The van der Waals surface area contributed by atoms with Gasteiger partial charge in [0.15, 0.2) is 6.10 Å². The maximum atomic E-state index is 12.3. The number of hydrogen-bond acceptors (Lipinski definition) is 5. The first-order valence-electron chi connectivity index (χ1n) is 6.97. The third kappa shape index (κ3) is 5.19. The first kappa shape index (κ1) is 17.7. The number of unbranched alkanes of at least 4 members (excludes halogenated alkanes) is 1. The van der Waals surface area contributed by atoms with Crippen LogP contribution in [0.2, 0.25) is 0 Å². The number of methoxy groups -OCH3 is 2. The predicted molar refractivity (Wildman–Crippen MR) is 79.6 cm³/mol. The van der Waals surface area contributed by atoms with Crippen molar-refractivity contribution in [3.63, 3.8) is 0 Å². The van der Waals surface area contributed by atoms with E-state index in [2.05, 4.69) is 10.1 Å². The van der Waals surface area contributed by atoms with Crippen molar-refractivity contribution in [1.82, 2.24) is 5.32 Å². The lowest BCUT2D eigenvalue weighted by Crippen LogP contribution is -2.44. The van der Waals surface area contributed by atoms with E-state index >= 15 is 0 Å². The average molecular weight is 304 g/mol. The molecule has 1 aromatic carbocycles. The number of carbonyl (C=O) groups is 2. The van der Waals surface area contributed by atoms with E-state index in [0.717, 1.165) is 0 Å². The largest absolute Gasteiger partial charge is 0.467 e. The van der Waals surface area contributed by atoms with Crippen LogP contribution in [0.25, 0.3) is 0 Å². The second kappa shape index (κ2) is 9.53. The predicted octanol–water partition coefficient (Wildman–Crippen LogP) is 1.73. The van der Waals surface area contributed by atoms with Crippen molar-refractivity contribution in [3.05, 3.63) is 35.9 Å². The van der Waals surface area contributed by atoms with Gasteiger partial charge in [0.05, 0.1) is 13.2 Å². The van der Waals surface area contributed by atoms with Gasteiger partial charge in [0.2, 0.25) is 0 Å². The second-order valence-electron chi connectivity index (χ2n) is 4.66. The molecule has 2 atom stereocenters. The van der Waals surface area contributed by atoms with Crippen molar-refractivity contribution in [2.45, 2.75) is 31.4 Å². The quantitative estimate of drug-likeness (QED) is 0.583. The molecular weight excluding hydrogens is 284 g/mol. The van der Waals surface area contributed by atoms with Crippen LogP contribution in [0.3, 0.4) is 0 Å². The third-order valence-corrected chi connectivity index (χ3v) is 3.16. The minimum absolute atomic E-state index is 0.315. The van der Waals surface area contributed by atoms with Gasteiger partial charge in [0.1, 0.15) is 6.04 Å². The molecule has 118 valence electrons. The number of esters is 1. The van der Waals surface area contributed by atoms with Crippen LogP contribution in [-0.2, 0) is 19.1 Å². The van der Waals surface area contributed by atoms with E-state index < -0.39 is 24.0 Å². The zero-order valence-electron chi connectivity index (χ0n) is 12.7. The van der Waals surface area contributed by atoms with Crippen LogP contribution in [0.1, 0.15) is 30.9 Å². The molecule has 1 N–H and O–H groups in total. The number of ether oxygens (including phenoxy) is 2. The van der Waals surface area contributed by atoms with Crippen molar-refractivity contribution in [3.8, 4) is 6.07 Å². The highest BCUT2D eigenvalue weighted by Crippen LogP contribution is 2.17. The molecule has 0 aromatic heterocycles. The lowest BCUT2D eigenvalue weighted by atomic mass is 10.1. The van der Waals surface area contributed by atoms with Gasteiger partial charge in [0.25, 0.3) is 5.91 Å². The summed E-state index contributed by atoms with van der Waals surface area (Å²) >= 11 is 0. The van der Waals surface area contributed by atoms with Gasteiger partial charge < -0.3 is 14.8 Å². The van der Waals surface area contributed by atoms with E-state index in [0.29, 0.717) is 24.8 Å². The standard InChI is InChI=1S/C16H20N2O4/c1-21-14(12-8-4-3-5-9-12)15(19)18-13(16(20)22-2)10-6-7-11-17/h3-5,8-9,13-14H,6-7,10H2,1-2H3,(H,18,19)/t13-,14-/m1/s1. The normalized spacial score (nSPS) is 12.8. The zero-order chi connectivity index (χ0) is 16.4. The molecule has 0 fully saturated rings. The van der Waals surface area contributed by atoms with E-state index in [1.807, 2.05) is 12.1 Å². The van der Waals surface area contributed by atoms with Gasteiger partial charge >= 0.3 is 5.97 Å².